The fourth-order valence-electron chi connectivity index (χ4n) is 2.42. The van der Waals surface area contributed by atoms with Crippen LogP contribution in [0.5, 0.6) is 0 Å². The Morgan fingerprint density at radius 3 is 2.62 bits per heavy atom. The maximum absolute atomic E-state index is 11.5. The Hall–Kier alpha value is -2.67. The van der Waals surface area contributed by atoms with E-state index in [1.165, 1.54) is 7.11 Å². The summed E-state index contributed by atoms with van der Waals surface area (Å²) in [5.74, 6) is 1.63. The van der Waals surface area contributed by atoms with Crippen molar-refractivity contribution >= 4 is 39.3 Å². The molecule has 0 bridgehead atoms. The molecule has 7 heteroatoms. The highest BCUT2D eigenvalue weighted by molar-refractivity contribution is 7.17. The second kappa shape index (κ2) is 8.14. The Kier molecular flexibility index (Phi) is 5.68. The van der Waals surface area contributed by atoms with Crippen LogP contribution in [-0.4, -0.2) is 29.6 Å². The molecule has 26 heavy (non-hydrogen) atoms. The molecule has 0 saturated carbocycles. The molecular formula is C19H22N4O2S. The molecule has 2 N–H and O–H groups in total. The number of aromatic nitrogens is 2. The summed E-state index contributed by atoms with van der Waals surface area (Å²) < 4.78 is 5.75. The summed E-state index contributed by atoms with van der Waals surface area (Å²) in [6.45, 7) is 5.72. The van der Waals surface area contributed by atoms with Gasteiger partial charge >= 0.3 is 5.97 Å². The van der Waals surface area contributed by atoms with Gasteiger partial charge in [0.15, 0.2) is 0 Å². The Morgan fingerprint density at radius 2 is 1.92 bits per heavy atom. The minimum atomic E-state index is -0.332. The largest absolute Gasteiger partial charge is 0.465 e. The van der Waals surface area contributed by atoms with Gasteiger partial charge in [0.1, 0.15) is 5.82 Å². The van der Waals surface area contributed by atoms with Gasteiger partial charge in [0.05, 0.1) is 22.9 Å². The maximum atomic E-state index is 11.5. The first kappa shape index (κ1) is 18.1. The zero-order valence-corrected chi connectivity index (χ0v) is 15.9. The monoisotopic (exact) mass is 370 g/mol. The molecule has 6 nitrogen and oxygen atoms in total. The summed E-state index contributed by atoms with van der Waals surface area (Å²) >= 11 is 1.62. The molecule has 1 aromatic carbocycles. The zero-order valence-electron chi connectivity index (χ0n) is 15.1. The van der Waals surface area contributed by atoms with E-state index >= 15 is 0 Å². The number of anilines is 2. The van der Waals surface area contributed by atoms with Crippen molar-refractivity contribution in [2.75, 3.05) is 24.3 Å². The molecule has 0 amide bonds. The third-order valence-corrected chi connectivity index (χ3v) is 4.72. The topological polar surface area (TPSA) is 76.1 Å². The van der Waals surface area contributed by atoms with Crippen LogP contribution in [0.2, 0.25) is 0 Å². The first-order valence-corrected chi connectivity index (χ1v) is 9.35. The lowest BCUT2D eigenvalue weighted by atomic mass is 10.1. The number of rotatable bonds is 7. The van der Waals surface area contributed by atoms with Crippen LogP contribution in [0.15, 0.2) is 35.7 Å². The molecule has 136 valence electrons. The molecule has 0 atom stereocenters. The molecule has 0 aliphatic carbocycles. The number of methoxy groups -OCH3 is 1. The molecular weight excluding hydrogens is 348 g/mol. The summed E-state index contributed by atoms with van der Waals surface area (Å²) in [4.78, 5) is 20.7. The Bertz CT molecular complexity index is 890. The average Bonchev–Trinajstić information content (AvgIpc) is 3.13. The van der Waals surface area contributed by atoms with E-state index in [9.17, 15) is 4.79 Å². The van der Waals surface area contributed by atoms with E-state index in [1.54, 1.807) is 23.5 Å². The van der Waals surface area contributed by atoms with Crippen molar-refractivity contribution in [3.63, 3.8) is 0 Å². The number of carbonyl (C=O) groups excluding carboxylic acids is 1. The molecule has 0 fully saturated rings. The molecule has 0 aliphatic heterocycles. The highest BCUT2D eigenvalue weighted by Crippen LogP contribution is 2.27. The normalized spacial score (nSPS) is 10.9. The summed E-state index contributed by atoms with van der Waals surface area (Å²) in [7, 11) is 1.38. The zero-order chi connectivity index (χ0) is 18.5. The van der Waals surface area contributed by atoms with Gasteiger partial charge in [-0.15, -0.1) is 11.3 Å². The van der Waals surface area contributed by atoms with Crippen LogP contribution in [0, 0.1) is 5.92 Å². The van der Waals surface area contributed by atoms with Crippen molar-refractivity contribution in [1.29, 1.82) is 0 Å². The minimum Gasteiger partial charge on any atom is -0.465 e. The van der Waals surface area contributed by atoms with Gasteiger partial charge in [-0.1, -0.05) is 26.0 Å². The predicted octanol–water partition coefficient (Wildman–Crippen LogP) is 4.16. The highest BCUT2D eigenvalue weighted by atomic mass is 32.1. The van der Waals surface area contributed by atoms with Crippen LogP contribution in [0.3, 0.4) is 0 Å². The van der Waals surface area contributed by atoms with E-state index in [0.29, 0.717) is 24.0 Å². The lowest BCUT2D eigenvalue weighted by Crippen LogP contribution is -2.12. The molecule has 0 radical (unpaired) electrons. The van der Waals surface area contributed by atoms with E-state index in [-0.39, 0.29) is 5.97 Å². The van der Waals surface area contributed by atoms with Crippen molar-refractivity contribution in [3.8, 4) is 0 Å². The summed E-state index contributed by atoms with van der Waals surface area (Å²) in [5.41, 5.74) is 2.52. The van der Waals surface area contributed by atoms with E-state index < -0.39 is 0 Å². The molecule has 3 rings (SSSR count). The smallest absolute Gasteiger partial charge is 0.337 e. The lowest BCUT2D eigenvalue weighted by Gasteiger charge is -2.11. The first-order chi connectivity index (χ1) is 12.6. The Labute approximate surface area is 156 Å². The number of hydrogen-bond acceptors (Lipinski definition) is 7. The molecule has 0 unspecified atom stereocenters. The number of nitrogens with one attached hydrogen (secondary N) is 2. The van der Waals surface area contributed by atoms with E-state index in [2.05, 4.69) is 34.4 Å². The number of benzene rings is 1. The number of nitrogens with zero attached hydrogens (tertiary/aromatic N) is 2. The van der Waals surface area contributed by atoms with Gasteiger partial charge in [0, 0.05) is 13.1 Å². The third-order valence-electron chi connectivity index (χ3n) is 3.81. The fourth-order valence-corrected chi connectivity index (χ4v) is 3.22. The van der Waals surface area contributed by atoms with Crippen molar-refractivity contribution in [2.45, 2.75) is 20.4 Å². The van der Waals surface area contributed by atoms with Crippen molar-refractivity contribution in [2.24, 2.45) is 5.92 Å². The number of ether oxygens (including phenoxy) is 1. The van der Waals surface area contributed by atoms with E-state index in [0.717, 1.165) is 28.1 Å². The van der Waals surface area contributed by atoms with Gasteiger partial charge in [0.25, 0.3) is 0 Å². The molecule has 3 aromatic rings. The summed E-state index contributed by atoms with van der Waals surface area (Å²) in [6, 6.07) is 9.34. The molecule has 2 aromatic heterocycles. The number of carbonyl (C=O) groups is 1. The quantitative estimate of drug-likeness (QED) is 0.608. The minimum absolute atomic E-state index is 0.332. The summed E-state index contributed by atoms with van der Waals surface area (Å²) in [5, 5.41) is 8.68. The average molecular weight is 370 g/mol. The van der Waals surface area contributed by atoms with E-state index in [4.69, 9.17) is 4.74 Å². The van der Waals surface area contributed by atoms with Gasteiger partial charge in [-0.05, 0) is 35.1 Å². The van der Waals surface area contributed by atoms with Crippen LogP contribution in [-0.2, 0) is 11.3 Å². The van der Waals surface area contributed by atoms with Gasteiger partial charge < -0.3 is 15.4 Å². The van der Waals surface area contributed by atoms with Crippen LogP contribution in [0.1, 0.15) is 29.8 Å². The van der Waals surface area contributed by atoms with Gasteiger partial charge in [-0.3, -0.25) is 0 Å². The lowest BCUT2D eigenvalue weighted by molar-refractivity contribution is 0.0600. The predicted molar refractivity (Wildman–Crippen MR) is 106 cm³/mol. The molecule has 0 aliphatic rings. The second-order valence-electron chi connectivity index (χ2n) is 6.35. The fraction of sp³-hybridized carbons (Fsp3) is 0.316. The third kappa shape index (κ3) is 4.29. The SMILES string of the molecule is COC(=O)c1ccc(CNc2nc(NCC(C)C)nc3ccsc23)cc1. The van der Waals surface area contributed by atoms with Gasteiger partial charge in [0.2, 0.25) is 5.95 Å². The van der Waals surface area contributed by atoms with Crippen molar-refractivity contribution in [3.05, 3.63) is 46.8 Å². The molecule has 0 spiro atoms. The summed E-state index contributed by atoms with van der Waals surface area (Å²) in [6.07, 6.45) is 0. The van der Waals surface area contributed by atoms with E-state index in [1.807, 2.05) is 23.6 Å². The number of hydrogen-bond donors (Lipinski definition) is 2. The second-order valence-corrected chi connectivity index (χ2v) is 7.26. The van der Waals surface area contributed by atoms with Crippen molar-refractivity contribution in [1.82, 2.24) is 9.97 Å². The highest BCUT2D eigenvalue weighted by Gasteiger charge is 2.10. The maximum Gasteiger partial charge on any atom is 0.337 e. The number of thiophene rings is 1. The molecule has 2 heterocycles. The van der Waals surface area contributed by atoms with Crippen molar-refractivity contribution < 1.29 is 9.53 Å². The van der Waals surface area contributed by atoms with Crippen LogP contribution < -0.4 is 10.6 Å². The Balaban J connectivity index is 1.75. The number of esters is 1. The van der Waals surface area contributed by atoms with Crippen LogP contribution in [0.25, 0.3) is 10.2 Å². The standard InChI is InChI=1S/C19H22N4O2S/c1-12(2)10-21-19-22-15-8-9-26-16(15)17(23-19)20-11-13-4-6-14(7-5-13)18(24)25-3/h4-9,12H,10-11H2,1-3H3,(H2,20,21,22,23). The van der Waals surface area contributed by atoms with Gasteiger partial charge in [-0.2, -0.15) is 4.98 Å². The molecule has 0 saturated heterocycles. The first-order valence-electron chi connectivity index (χ1n) is 8.47. The van der Waals surface area contributed by atoms with Crippen LogP contribution in [0.4, 0.5) is 11.8 Å². The van der Waals surface area contributed by atoms with Crippen LogP contribution >= 0.6 is 11.3 Å². The Morgan fingerprint density at radius 1 is 1.15 bits per heavy atom. The number of fused-ring (bicyclic) bond motifs is 1. The van der Waals surface area contributed by atoms with Gasteiger partial charge in [-0.25, -0.2) is 9.78 Å².